The van der Waals surface area contributed by atoms with Gasteiger partial charge in [0.05, 0.1) is 5.56 Å². The number of carbonyl (C=O) groups is 1. The van der Waals surface area contributed by atoms with Gasteiger partial charge in [-0.3, -0.25) is 14.7 Å². The molecule has 136 valence electrons. The Kier molecular flexibility index (Phi) is 5.02. The van der Waals surface area contributed by atoms with Gasteiger partial charge in [0.25, 0.3) is 5.91 Å². The van der Waals surface area contributed by atoms with E-state index in [9.17, 15) is 4.79 Å². The van der Waals surface area contributed by atoms with Gasteiger partial charge in [-0.15, -0.1) is 0 Å². The quantitative estimate of drug-likeness (QED) is 0.923. The molecule has 2 aliphatic rings. The fourth-order valence-electron chi connectivity index (χ4n) is 4.04. The van der Waals surface area contributed by atoms with Crippen molar-refractivity contribution in [2.75, 3.05) is 20.1 Å². The molecule has 0 bridgehead atoms. The van der Waals surface area contributed by atoms with Gasteiger partial charge < -0.3 is 5.32 Å². The minimum atomic E-state index is -0.0925. The highest BCUT2D eigenvalue weighted by Crippen LogP contribution is 2.27. The van der Waals surface area contributed by atoms with Crippen molar-refractivity contribution >= 4 is 5.91 Å². The molecule has 1 amide bonds. The summed E-state index contributed by atoms with van der Waals surface area (Å²) in [6.45, 7) is 2.40. The Morgan fingerprint density at radius 3 is 2.62 bits per heavy atom. The Morgan fingerprint density at radius 2 is 1.96 bits per heavy atom. The van der Waals surface area contributed by atoms with Gasteiger partial charge in [0.1, 0.15) is 0 Å². The smallest absolute Gasteiger partial charge is 0.252 e. The van der Waals surface area contributed by atoms with Gasteiger partial charge >= 0.3 is 0 Å². The van der Waals surface area contributed by atoms with Crippen LogP contribution in [0.5, 0.6) is 0 Å². The Balaban J connectivity index is 1.44. The highest BCUT2D eigenvalue weighted by molar-refractivity contribution is 5.93. The predicted octanol–water partition coefficient (Wildman–Crippen LogP) is 2.99. The molecule has 1 fully saturated rings. The van der Waals surface area contributed by atoms with E-state index in [-0.39, 0.29) is 5.91 Å². The number of rotatable bonds is 4. The van der Waals surface area contributed by atoms with E-state index in [1.165, 1.54) is 55.5 Å². The summed E-state index contributed by atoms with van der Waals surface area (Å²) in [6, 6.07) is 11.6. The van der Waals surface area contributed by atoms with Crippen LogP contribution in [-0.2, 0) is 19.3 Å². The summed E-state index contributed by atoms with van der Waals surface area (Å²) in [6.07, 6.45) is 8.98. The van der Waals surface area contributed by atoms with Crippen LogP contribution < -0.4 is 5.32 Å². The van der Waals surface area contributed by atoms with E-state index in [0.717, 1.165) is 24.6 Å². The van der Waals surface area contributed by atoms with Crippen molar-refractivity contribution in [3.05, 3.63) is 64.5 Å². The molecule has 2 heterocycles. The number of amides is 1. The molecule has 4 rings (SSSR count). The lowest BCUT2D eigenvalue weighted by Crippen LogP contribution is -2.41. The zero-order chi connectivity index (χ0) is 17.9. The zero-order valence-corrected chi connectivity index (χ0v) is 15.5. The highest BCUT2D eigenvalue weighted by Gasteiger charge is 2.26. The molecule has 0 saturated heterocycles. The van der Waals surface area contributed by atoms with E-state index < -0.39 is 0 Å². The minimum absolute atomic E-state index is 0.0925. The van der Waals surface area contributed by atoms with E-state index in [0.29, 0.717) is 5.56 Å². The van der Waals surface area contributed by atoms with E-state index in [1.807, 2.05) is 12.1 Å². The van der Waals surface area contributed by atoms with Crippen molar-refractivity contribution in [3.8, 4) is 0 Å². The van der Waals surface area contributed by atoms with Crippen LogP contribution in [0.2, 0.25) is 0 Å². The number of nitrogens with one attached hydrogen (secondary N) is 1. The summed E-state index contributed by atoms with van der Waals surface area (Å²) in [4.78, 5) is 18.8. The van der Waals surface area contributed by atoms with Crippen LogP contribution in [0.4, 0.5) is 0 Å². The van der Waals surface area contributed by atoms with Crippen LogP contribution >= 0.6 is 0 Å². The molecular weight excluding hydrogens is 322 g/mol. The molecule has 1 aromatic heterocycles. The molecule has 0 atom stereocenters. The largest absolute Gasteiger partial charge is 0.355 e. The number of nitrogens with zero attached hydrogens (tertiary/aromatic N) is 2. The van der Waals surface area contributed by atoms with Crippen molar-refractivity contribution in [2.24, 2.45) is 0 Å². The maximum Gasteiger partial charge on any atom is 0.252 e. The predicted molar refractivity (Wildman–Crippen MR) is 103 cm³/mol. The van der Waals surface area contributed by atoms with Crippen molar-refractivity contribution in [1.82, 2.24) is 15.2 Å². The van der Waals surface area contributed by atoms with Crippen LogP contribution in [0.1, 0.15) is 52.0 Å². The molecule has 2 aromatic rings. The number of hydrogen-bond acceptors (Lipinski definition) is 3. The first-order valence-electron chi connectivity index (χ1n) is 9.74. The summed E-state index contributed by atoms with van der Waals surface area (Å²) in [5, 5.41) is 2.63. The Morgan fingerprint density at radius 1 is 1.15 bits per heavy atom. The molecule has 26 heavy (non-hydrogen) atoms. The molecule has 4 nitrogen and oxygen atoms in total. The summed E-state index contributed by atoms with van der Waals surface area (Å²) in [5.74, 6) is -0.0925. The lowest BCUT2D eigenvalue weighted by atomic mass is 9.91. The average Bonchev–Trinajstić information content (AvgIpc) is 2.83. The van der Waals surface area contributed by atoms with Gasteiger partial charge in [0.15, 0.2) is 0 Å². The fourth-order valence-corrected chi connectivity index (χ4v) is 4.04. The van der Waals surface area contributed by atoms with Crippen molar-refractivity contribution in [1.29, 1.82) is 0 Å². The van der Waals surface area contributed by atoms with E-state index in [1.54, 1.807) is 13.2 Å². The van der Waals surface area contributed by atoms with E-state index in [4.69, 9.17) is 0 Å². The van der Waals surface area contributed by atoms with Gasteiger partial charge in [0, 0.05) is 44.5 Å². The van der Waals surface area contributed by atoms with Crippen LogP contribution in [0, 0.1) is 0 Å². The van der Waals surface area contributed by atoms with Crippen LogP contribution in [-0.4, -0.2) is 42.0 Å². The summed E-state index contributed by atoms with van der Waals surface area (Å²) >= 11 is 0. The minimum Gasteiger partial charge on any atom is -0.355 e. The number of pyridine rings is 1. The molecule has 1 aliphatic heterocycles. The Labute approximate surface area is 155 Å². The van der Waals surface area contributed by atoms with Crippen LogP contribution in [0.25, 0.3) is 0 Å². The number of hydrogen-bond donors (Lipinski definition) is 1. The molecule has 0 unspecified atom stereocenters. The summed E-state index contributed by atoms with van der Waals surface area (Å²) < 4.78 is 0. The molecule has 1 saturated carbocycles. The van der Waals surface area contributed by atoms with E-state index >= 15 is 0 Å². The fraction of sp³-hybridized carbons (Fsp3) is 0.455. The number of carbonyl (C=O) groups excluding carboxylic acids is 1. The summed E-state index contributed by atoms with van der Waals surface area (Å²) in [5.41, 5.74) is 5.93. The second-order valence-electron chi connectivity index (χ2n) is 7.52. The van der Waals surface area contributed by atoms with Crippen molar-refractivity contribution < 1.29 is 4.79 Å². The molecular formula is C22H27N3O. The molecule has 0 spiro atoms. The summed E-state index contributed by atoms with van der Waals surface area (Å²) in [7, 11) is 1.64. The molecule has 0 radical (unpaired) electrons. The number of benzene rings is 1. The van der Waals surface area contributed by atoms with Crippen molar-refractivity contribution in [2.45, 2.75) is 44.6 Å². The van der Waals surface area contributed by atoms with Crippen LogP contribution in [0.15, 0.2) is 36.5 Å². The first kappa shape index (κ1) is 17.2. The normalized spacial score (nSPS) is 17.9. The second-order valence-corrected chi connectivity index (χ2v) is 7.52. The maximum atomic E-state index is 11.6. The van der Waals surface area contributed by atoms with Gasteiger partial charge in [-0.1, -0.05) is 24.6 Å². The topological polar surface area (TPSA) is 45.2 Å². The third-order valence-corrected chi connectivity index (χ3v) is 5.90. The maximum absolute atomic E-state index is 11.6. The lowest BCUT2D eigenvalue weighted by molar-refractivity contribution is 0.0962. The Hall–Kier alpha value is -2.20. The van der Waals surface area contributed by atoms with Gasteiger partial charge in [0.2, 0.25) is 0 Å². The number of aromatic nitrogens is 1. The molecule has 1 N–H and O–H groups in total. The van der Waals surface area contributed by atoms with E-state index in [2.05, 4.69) is 33.4 Å². The van der Waals surface area contributed by atoms with Crippen molar-refractivity contribution in [3.63, 3.8) is 0 Å². The van der Waals surface area contributed by atoms with Gasteiger partial charge in [-0.2, -0.15) is 0 Å². The Bertz CT molecular complexity index is 780. The van der Waals surface area contributed by atoms with Crippen LogP contribution in [0.3, 0.4) is 0 Å². The average molecular weight is 349 g/mol. The first-order valence-corrected chi connectivity index (χ1v) is 9.74. The molecule has 1 aromatic carbocycles. The third-order valence-electron chi connectivity index (χ3n) is 5.90. The first-order chi connectivity index (χ1) is 12.7. The second kappa shape index (κ2) is 7.58. The van der Waals surface area contributed by atoms with Gasteiger partial charge in [-0.05, 0) is 54.5 Å². The lowest BCUT2D eigenvalue weighted by Gasteiger charge is -2.36. The molecule has 1 aliphatic carbocycles. The zero-order valence-electron chi connectivity index (χ0n) is 15.5. The third kappa shape index (κ3) is 3.65. The number of fused-ring (bicyclic) bond motifs is 1. The highest BCUT2D eigenvalue weighted by atomic mass is 16.1. The molecule has 4 heteroatoms. The van der Waals surface area contributed by atoms with Gasteiger partial charge in [-0.25, -0.2) is 0 Å². The monoisotopic (exact) mass is 349 g/mol. The standard InChI is InChI=1S/C22H27N3O/c1-23-22(26)19-7-8-20(24-15-19)14-16-5-6-17-9-11-25(21-3-2-4-21)12-10-18(17)13-16/h5-8,13,15,21H,2-4,9-12,14H2,1H3,(H,23,26). The SMILES string of the molecule is CNC(=O)c1ccc(Cc2ccc3c(c2)CCN(C2CCC2)CC3)nc1.